The molecule has 5 nitrogen and oxygen atoms in total. The van der Waals surface area contributed by atoms with Crippen LogP contribution in [-0.2, 0) is 17.9 Å². The second-order valence-corrected chi connectivity index (χ2v) is 7.23. The lowest BCUT2D eigenvalue weighted by atomic mass is 9.97. The molecule has 5 heteroatoms. The fraction of sp³-hybridized carbons (Fsp3) is 0.167. The highest BCUT2D eigenvalue weighted by Crippen LogP contribution is 2.26. The predicted octanol–water partition coefficient (Wildman–Crippen LogP) is 4.98. The summed E-state index contributed by atoms with van der Waals surface area (Å²) in [7, 11) is 0. The lowest BCUT2D eigenvalue weighted by Gasteiger charge is -2.10. The number of rotatable bonds is 6. The number of hydrogen-bond donors (Lipinski definition) is 1. The predicted molar refractivity (Wildman–Crippen MR) is 113 cm³/mol. The molecule has 4 aromatic rings. The molecule has 0 spiro atoms. The molecule has 146 valence electrons. The highest BCUT2D eigenvalue weighted by atomic mass is 16.5. The summed E-state index contributed by atoms with van der Waals surface area (Å²) in [6.45, 7) is 4.55. The molecule has 0 aliphatic carbocycles. The van der Waals surface area contributed by atoms with Crippen LogP contribution in [-0.4, -0.2) is 20.6 Å². The van der Waals surface area contributed by atoms with Crippen LogP contribution in [0.5, 0.6) is 5.75 Å². The normalized spacial score (nSPS) is 11.0. The summed E-state index contributed by atoms with van der Waals surface area (Å²) in [5, 5.41) is 9.83. The monoisotopic (exact) mass is 386 g/mol. The van der Waals surface area contributed by atoms with Crippen LogP contribution < -0.4 is 4.74 Å². The fourth-order valence-corrected chi connectivity index (χ4v) is 3.54. The molecule has 0 fully saturated rings. The van der Waals surface area contributed by atoms with Crippen molar-refractivity contribution in [3.8, 4) is 16.9 Å². The van der Waals surface area contributed by atoms with Gasteiger partial charge in [-0.15, -0.1) is 0 Å². The minimum Gasteiger partial charge on any atom is -0.487 e. The van der Waals surface area contributed by atoms with Crippen molar-refractivity contribution >= 4 is 17.0 Å². The van der Waals surface area contributed by atoms with E-state index in [4.69, 9.17) is 9.84 Å². The molecule has 0 unspecified atom stereocenters. The number of nitrogens with zero attached hydrogens (tertiary/aromatic N) is 2. The number of aliphatic carboxylic acids is 1. The Hall–Kier alpha value is -3.60. The van der Waals surface area contributed by atoms with E-state index in [9.17, 15) is 4.79 Å². The molecule has 29 heavy (non-hydrogen) atoms. The van der Waals surface area contributed by atoms with Crippen LogP contribution >= 0.6 is 0 Å². The first-order valence-corrected chi connectivity index (χ1v) is 9.45. The molecule has 2 aromatic heterocycles. The third-order valence-electron chi connectivity index (χ3n) is 4.91. The van der Waals surface area contributed by atoms with Crippen molar-refractivity contribution in [2.45, 2.75) is 27.0 Å². The van der Waals surface area contributed by atoms with Gasteiger partial charge in [0.25, 0.3) is 0 Å². The highest BCUT2D eigenvalue weighted by molar-refractivity contribution is 5.79. The Bertz CT molecular complexity index is 1190. The van der Waals surface area contributed by atoms with Crippen LogP contribution in [0, 0.1) is 13.8 Å². The molecule has 0 atom stereocenters. The molecular weight excluding hydrogens is 364 g/mol. The van der Waals surface area contributed by atoms with Crippen LogP contribution in [0.2, 0.25) is 0 Å². The second kappa shape index (κ2) is 7.80. The third-order valence-corrected chi connectivity index (χ3v) is 4.91. The summed E-state index contributed by atoms with van der Waals surface area (Å²) in [5.74, 6) is -0.240. The van der Waals surface area contributed by atoms with E-state index < -0.39 is 5.97 Å². The second-order valence-electron chi connectivity index (χ2n) is 7.23. The molecule has 0 aliphatic heterocycles. The van der Waals surface area contributed by atoms with Gasteiger partial charge in [-0.05, 0) is 54.3 Å². The van der Waals surface area contributed by atoms with Crippen molar-refractivity contribution in [2.24, 2.45) is 0 Å². The van der Waals surface area contributed by atoms with Gasteiger partial charge in [0.1, 0.15) is 24.5 Å². The number of carbonyl (C=O) groups is 1. The van der Waals surface area contributed by atoms with Gasteiger partial charge in [-0.3, -0.25) is 4.79 Å². The van der Waals surface area contributed by atoms with E-state index in [0.29, 0.717) is 18.0 Å². The van der Waals surface area contributed by atoms with Crippen LogP contribution in [0.1, 0.15) is 16.7 Å². The van der Waals surface area contributed by atoms with E-state index >= 15 is 0 Å². The molecule has 0 aliphatic rings. The molecule has 4 rings (SSSR count). The van der Waals surface area contributed by atoms with Crippen LogP contribution in [0.15, 0.2) is 67.0 Å². The molecule has 0 saturated heterocycles. The van der Waals surface area contributed by atoms with Crippen molar-refractivity contribution in [2.75, 3.05) is 0 Å². The maximum Gasteiger partial charge on any atom is 0.323 e. The Kier molecular flexibility index (Phi) is 5.04. The van der Waals surface area contributed by atoms with Gasteiger partial charge in [0.2, 0.25) is 0 Å². The minimum atomic E-state index is -0.895. The number of carboxylic acid groups (broad SMARTS) is 1. The van der Waals surface area contributed by atoms with Crippen molar-refractivity contribution in [3.63, 3.8) is 0 Å². The van der Waals surface area contributed by atoms with Crippen LogP contribution in [0.3, 0.4) is 0 Å². The average molecular weight is 386 g/mol. The van der Waals surface area contributed by atoms with Gasteiger partial charge in [0, 0.05) is 11.6 Å². The lowest BCUT2D eigenvalue weighted by molar-refractivity contribution is -0.137. The van der Waals surface area contributed by atoms with E-state index in [2.05, 4.69) is 49.2 Å². The van der Waals surface area contributed by atoms with Crippen LogP contribution in [0.4, 0.5) is 0 Å². The number of pyridine rings is 1. The van der Waals surface area contributed by atoms with Crippen molar-refractivity contribution in [3.05, 3.63) is 83.7 Å². The standard InChI is InChI=1S/C24H22N2O3/c1-16-6-7-22(17(2)10-16)19-5-3-4-18(11-19)15-29-21-12-20-8-9-26(14-23(27)28)24(20)25-13-21/h3-13H,14-15H2,1-2H3,(H,27,28). The maximum atomic E-state index is 10.9. The lowest BCUT2D eigenvalue weighted by Crippen LogP contribution is -2.07. The summed E-state index contributed by atoms with van der Waals surface area (Å²) in [5.41, 5.74) is 6.61. The van der Waals surface area contributed by atoms with Crippen LogP contribution in [0.25, 0.3) is 22.2 Å². The largest absolute Gasteiger partial charge is 0.487 e. The quantitative estimate of drug-likeness (QED) is 0.507. The van der Waals surface area contributed by atoms with E-state index in [1.807, 2.05) is 24.3 Å². The number of benzene rings is 2. The van der Waals surface area contributed by atoms with Gasteiger partial charge in [-0.2, -0.15) is 0 Å². The highest BCUT2D eigenvalue weighted by Gasteiger charge is 2.08. The number of fused-ring (bicyclic) bond motifs is 1. The van der Waals surface area contributed by atoms with Gasteiger partial charge in [0.05, 0.1) is 6.20 Å². The number of ether oxygens (including phenoxy) is 1. The molecule has 1 N–H and O–H groups in total. The zero-order chi connectivity index (χ0) is 20.4. The molecule has 2 heterocycles. The average Bonchev–Trinajstić information content (AvgIpc) is 3.08. The SMILES string of the molecule is Cc1ccc(-c2cccc(COc3cnc4c(ccn4CC(=O)O)c3)c2)c(C)c1. The number of hydrogen-bond acceptors (Lipinski definition) is 3. The summed E-state index contributed by atoms with van der Waals surface area (Å²) >= 11 is 0. The number of aryl methyl sites for hydroxylation is 2. The number of carboxylic acids is 1. The Morgan fingerprint density at radius 1 is 1.10 bits per heavy atom. The summed E-state index contributed by atoms with van der Waals surface area (Å²) < 4.78 is 7.55. The first-order valence-electron chi connectivity index (χ1n) is 9.45. The van der Waals surface area contributed by atoms with Gasteiger partial charge < -0.3 is 14.4 Å². The topological polar surface area (TPSA) is 64.4 Å². The molecule has 0 radical (unpaired) electrons. The van der Waals surface area contributed by atoms with Crippen molar-refractivity contribution < 1.29 is 14.6 Å². The van der Waals surface area contributed by atoms with Gasteiger partial charge in [-0.25, -0.2) is 4.98 Å². The van der Waals surface area contributed by atoms with E-state index in [1.54, 1.807) is 17.0 Å². The first kappa shape index (κ1) is 18.7. The smallest absolute Gasteiger partial charge is 0.323 e. The third kappa shape index (κ3) is 4.14. The minimum absolute atomic E-state index is 0.109. The van der Waals surface area contributed by atoms with E-state index in [-0.39, 0.29) is 6.54 Å². The van der Waals surface area contributed by atoms with Gasteiger partial charge in [0.15, 0.2) is 0 Å². The summed E-state index contributed by atoms with van der Waals surface area (Å²) in [6, 6.07) is 18.5. The Balaban J connectivity index is 1.51. The Labute approximate surface area is 169 Å². The molecule has 0 saturated carbocycles. The molecular formula is C24H22N2O3. The number of aromatic nitrogens is 2. The van der Waals surface area contributed by atoms with E-state index in [1.165, 1.54) is 22.3 Å². The Morgan fingerprint density at radius 3 is 2.76 bits per heavy atom. The zero-order valence-electron chi connectivity index (χ0n) is 16.4. The Morgan fingerprint density at radius 2 is 1.97 bits per heavy atom. The maximum absolute atomic E-state index is 10.9. The zero-order valence-corrected chi connectivity index (χ0v) is 16.4. The van der Waals surface area contributed by atoms with E-state index in [0.717, 1.165) is 10.9 Å². The molecule has 0 bridgehead atoms. The summed E-state index contributed by atoms with van der Waals surface area (Å²) in [6.07, 6.45) is 3.36. The van der Waals surface area contributed by atoms with Gasteiger partial charge in [-0.1, -0.05) is 42.0 Å². The fourth-order valence-electron chi connectivity index (χ4n) is 3.54. The first-order chi connectivity index (χ1) is 14.0. The molecule has 0 amide bonds. The van der Waals surface area contributed by atoms with Crippen molar-refractivity contribution in [1.29, 1.82) is 0 Å². The van der Waals surface area contributed by atoms with Gasteiger partial charge >= 0.3 is 5.97 Å². The van der Waals surface area contributed by atoms with Crippen molar-refractivity contribution in [1.82, 2.24) is 9.55 Å². The summed E-state index contributed by atoms with van der Waals surface area (Å²) in [4.78, 5) is 15.3. The molecule has 2 aromatic carbocycles.